The smallest absolute Gasteiger partial charge is 0.0622 e. The molecule has 0 heteroatoms. The molecule has 0 nitrogen and oxygen atoms in total. The third-order valence-electron chi connectivity index (χ3n) is 0.332. The van der Waals surface area contributed by atoms with Crippen LogP contribution in [0.15, 0.2) is 37.4 Å². The van der Waals surface area contributed by atoms with Gasteiger partial charge in [0.25, 0.3) is 0 Å². The van der Waals surface area contributed by atoms with Gasteiger partial charge in [-0.05, 0) is 0 Å². The molecule has 0 radical (unpaired) electrons. The molecule has 0 spiro atoms. The maximum absolute atomic E-state index is 6.89. The quantitative estimate of drug-likeness (QED) is 0.445. The standard InChI is InChI=1S/C6H8/c1-3-5-6-4-2/h3-6H,1-2H2/b6-5-/i5D. The van der Waals surface area contributed by atoms with Crippen LogP contribution in [-0.2, 0) is 0 Å². The van der Waals surface area contributed by atoms with Crippen molar-refractivity contribution in [2.75, 3.05) is 0 Å². The Bertz CT molecular complexity index is 101. The summed E-state index contributed by atoms with van der Waals surface area (Å²) in [7, 11) is 0. The van der Waals surface area contributed by atoms with Crippen molar-refractivity contribution in [3.05, 3.63) is 37.4 Å². The molecule has 0 aliphatic rings. The average Bonchev–Trinajstić information content (AvgIpc) is 1.68. The first-order valence-electron chi connectivity index (χ1n) is 2.23. The fourth-order valence-electron chi connectivity index (χ4n) is 0.136. The van der Waals surface area contributed by atoms with Gasteiger partial charge in [0.05, 0.1) is 1.37 Å². The normalized spacial score (nSPS) is 12.7. The Hall–Kier alpha value is -0.780. The van der Waals surface area contributed by atoms with Crippen LogP contribution in [0.1, 0.15) is 1.37 Å². The third-order valence-corrected chi connectivity index (χ3v) is 0.332. The van der Waals surface area contributed by atoms with E-state index in [1.807, 2.05) is 0 Å². The molecule has 0 atom stereocenters. The van der Waals surface area contributed by atoms with E-state index in [1.54, 1.807) is 12.2 Å². The summed E-state index contributed by atoms with van der Waals surface area (Å²) in [5.74, 6) is 0. The molecule has 32 valence electrons. The van der Waals surface area contributed by atoms with Crippen molar-refractivity contribution in [2.24, 2.45) is 0 Å². The second-order valence-electron chi connectivity index (χ2n) is 0.773. The number of allylic oxidation sites excluding steroid dienone is 4. The van der Waals surface area contributed by atoms with E-state index in [9.17, 15) is 0 Å². The molecule has 0 rings (SSSR count). The molecule has 0 amide bonds. The Labute approximate surface area is 39.9 Å². The zero-order valence-corrected chi connectivity index (χ0v) is 3.65. The molecule has 0 aromatic carbocycles. The Kier molecular flexibility index (Phi) is 2.40. The summed E-state index contributed by atoms with van der Waals surface area (Å²) < 4.78 is 6.89. The maximum Gasteiger partial charge on any atom is 0.0622 e. The van der Waals surface area contributed by atoms with Crippen LogP contribution in [-0.4, -0.2) is 0 Å². The van der Waals surface area contributed by atoms with Crippen LogP contribution in [0.25, 0.3) is 0 Å². The van der Waals surface area contributed by atoms with Crippen LogP contribution in [0.3, 0.4) is 0 Å². The lowest BCUT2D eigenvalue weighted by molar-refractivity contribution is 1.98. The van der Waals surface area contributed by atoms with Crippen molar-refractivity contribution in [3.8, 4) is 0 Å². The molecule has 0 aliphatic heterocycles. The number of hydrogen-bond donors (Lipinski definition) is 0. The molecular weight excluding hydrogens is 72.1 g/mol. The summed E-state index contributed by atoms with van der Waals surface area (Å²) in [5, 5.41) is 0. The van der Waals surface area contributed by atoms with E-state index in [1.165, 1.54) is 6.08 Å². The molecule has 0 bridgehead atoms. The maximum atomic E-state index is 6.89. The Balaban J connectivity index is 3.72. The van der Waals surface area contributed by atoms with Gasteiger partial charge in [-0.15, -0.1) is 0 Å². The van der Waals surface area contributed by atoms with E-state index in [4.69, 9.17) is 1.37 Å². The van der Waals surface area contributed by atoms with E-state index in [2.05, 4.69) is 13.2 Å². The van der Waals surface area contributed by atoms with E-state index in [0.717, 1.165) is 0 Å². The molecule has 0 saturated carbocycles. The molecule has 0 N–H and O–H groups in total. The van der Waals surface area contributed by atoms with Crippen LogP contribution in [0.5, 0.6) is 0 Å². The van der Waals surface area contributed by atoms with Gasteiger partial charge in [-0.1, -0.05) is 37.4 Å². The van der Waals surface area contributed by atoms with Gasteiger partial charge in [-0.2, -0.15) is 0 Å². The van der Waals surface area contributed by atoms with Crippen LogP contribution in [0, 0.1) is 0 Å². The third kappa shape index (κ3) is 3.22. The van der Waals surface area contributed by atoms with Gasteiger partial charge in [0.2, 0.25) is 0 Å². The largest absolute Gasteiger partial charge is 0.0991 e. The van der Waals surface area contributed by atoms with Crippen molar-refractivity contribution in [1.82, 2.24) is 0 Å². The molecule has 0 aliphatic carbocycles. The molecule has 0 unspecified atom stereocenters. The summed E-state index contributed by atoms with van der Waals surface area (Å²) >= 11 is 0. The SMILES string of the molecule is [2H]/C(C=C)=C/C=C. The van der Waals surface area contributed by atoms with Crippen LogP contribution < -0.4 is 0 Å². The predicted molar refractivity (Wildman–Crippen MR) is 29.5 cm³/mol. The van der Waals surface area contributed by atoms with Gasteiger partial charge in [0.1, 0.15) is 0 Å². The summed E-state index contributed by atoms with van der Waals surface area (Å²) in [6.45, 7) is 6.78. The van der Waals surface area contributed by atoms with Crippen molar-refractivity contribution >= 4 is 0 Å². The van der Waals surface area contributed by atoms with Gasteiger partial charge in [-0.25, -0.2) is 0 Å². The van der Waals surface area contributed by atoms with Gasteiger partial charge >= 0.3 is 0 Å². The predicted octanol–water partition coefficient (Wildman–Crippen LogP) is 1.91. The second-order valence-corrected chi connectivity index (χ2v) is 0.773. The van der Waals surface area contributed by atoms with Gasteiger partial charge in [0.15, 0.2) is 0 Å². The van der Waals surface area contributed by atoms with Crippen LogP contribution in [0.4, 0.5) is 0 Å². The fourth-order valence-corrected chi connectivity index (χ4v) is 0.136. The highest BCUT2D eigenvalue weighted by Gasteiger charge is 1.47. The first kappa shape index (κ1) is 3.41. The summed E-state index contributed by atoms with van der Waals surface area (Å²) in [5.41, 5.74) is 0. The fraction of sp³-hybridized carbons (Fsp3) is 0. The highest BCUT2D eigenvalue weighted by atomic mass is 13.5. The second kappa shape index (κ2) is 4.22. The zero-order valence-electron chi connectivity index (χ0n) is 4.65. The van der Waals surface area contributed by atoms with Crippen molar-refractivity contribution in [3.63, 3.8) is 0 Å². The van der Waals surface area contributed by atoms with E-state index >= 15 is 0 Å². The van der Waals surface area contributed by atoms with Crippen LogP contribution in [0.2, 0.25) is 0 Å². The molecular formula is C6H8. The molecule has 0 saturated heterocycles. The molecule has 6 heavy (non-hydrogen) atoms. The van der Waals surface area contributed by atoms with E-state index < -0.39 is 0 Å². The lowest BCUT2D eigenvalue weighted by atomic mass is 10.5. The summed E-state index contributed by atoms with van der Waals surface area (Å²) in [6, 6.07) is 0.398. The first-order valence-corrected chi connectivity index (χ1v) is 1.73. The Morgan fingerprint density at radius 1 is 1.33 bits per heavy atom. The molecule has 0 aromatic rings. The van der Waals surface area contributed by atoms with E-state index in [-0.39, 0.29) is 0 Å². The monoisotopic (exact) mass is 81.1 g/mol. The summed E-state index contributed by atoms with van der Waals surface area (Å²) in [6.07, 6.45) is 4.60. The minimum absolute atomic E-state index is 0.398. The van der Waals surface area contributed by atoms with Gasteiger partial charge in [-0.3, -0.25) is 0 Å². The van der Waals surface area contributed by atoms with Crippen molar-refractivity contribution in [1.29, 1.82) is 0 Å². The topological polar surface area (TPSA) is 0 Å². The number of rotatable bonds is 2. The van der Waals surface area contributed by atoms with Gasteiger partial charge in [0, 0.05) is 0 Å². The molecule has 0 aromatic heterocycles. The highest BCUT2D eigenvalue weighted by Crippen LogP contribution is 1.69. The van der Waals surface area contributed by atoms with Crippen molar-refractivity contribution < 1.29 is 1.37 Å². The highest BCUT2D eigenvalue weighted by molar-refractivity contribution is 5.05. The summed E-state index contributed by atoms with van der Waals surface area (Å²) in [4.78, 5) is 0. The molecule has 0 fully saturated rings. The average molecular weight is 81.1 g/mol. The number of hydrogen-bond acceptors (Lipinski definition) is 0. The van der Waals surface area contributed by atoms with Crippen molar-refractivity contribution in [2.45, 2.75) is 0 Å². The Morgan fingerprint density at radius 3 is 2.17 bits per heavy atom. The Morgan fingerprint density at radius 2 is 2.00 bits per heavy atom. The lowest BCUT2D eigenvalue weighted by Crippen LogP contribution is -1.38. The minimum atomic E-state index is 0.398. The van der Waals surface area contributed by atoms with Crippen LogP contribution >= 0.6 is 0 Å². The van der Waals surface area contributed by atoms with Gasteiger partial charge < -0.3 is 0 Å². The minimum Gasteiger partial charge on any atom is -0.0991 e. The zero-order chi connectivity index (χ0) is 5.70. The lowest BCUT2D eigenvalue weighted by Gasteiger charge is -1.60. The first-order chi connectivity index (χ1) is 3.31. The van der Waals surface area contributed by atoms with E-state index in [0.29, 0.717) is 6.05 Å². The molecule has 0 heterocycles.